The summed E-state index contributed by atoms with van der Waals surface area (Å²) in [5, 5.41) is 0. The number of aromatic nitrogens is 3. The predicted octanol–water partition coefficient (Wildman–Crippen LogP) is 9.81. The first-order valence-corrected chi connectivity index (χ1v) is 16.2. The molecule has 0 atom stereocenters. The SMILES string of the molecule is CC(C)(C)c1ccc(-n2[c-][n+]3c4c(cccc42)Oc2cc4c([c-]c2-3)C(C)(C)CCC4(C)C)cc1.[Ir+3].[c-]1ccccc1-c1ccccn1. The van der Waals surface area contributed by atoms with Crippen LogP contribution in [0, 0.1) is 18.5 Å². The summed E-state index contributed by atoms with van der Waals surface area (Å²) >= 11 is 0. The number of benzene rings is 4. The molecule has 0 spiro atoms. The van der Waals surface area contributed by atoms with E-state index in [4.69, 9.17) is 4.74 Å². The van der Waals surface area contributed by atoms with E-state index in [0.29, 0.717) is 0 Å². The molecule has 0 bridgehead atoms. The molecule has 0 saturated heterocycles. The molecule has 6 aromatic rings. The summed E-state index contributed by atoms with van der Waals surface area (Å²) in [7, 11) is 0. The van der Waals surface area contributed by atoms with Gasteiger partial charge in [0.2, 0.25) is 0 Å². The van der Waals surface area contributed by atoms with E-state index in [0.717, 1.165) is 51.6 Å². The molecule has 0 unspecified atom stereocenters. The third-order valence-electron chi connectivity index (χ3n) is 9.53. The topological polar surface area (TPSA) is 30.9 Å². The first-order valence-electron chi connectivity index (χ1n) is 16.2. The monoisotopic (exact) mass is 796 g/mol. The van der Waals surface area contributed by atoms with Crippen molar-refractivity contribution in [2.45, 2.75) is 77.6 Å². The molecular formula is C42H41IrN3O+. The van der Waals surface area contributed by atoms with Crippen molar-refractivity contribution in [3.63, 3.8) is 0 Å². The van der Waals surface area contributed by atoms with Crippen LogP contribution >= 0.6 is 0 Å². The van der Waals surface area contributed by atoms with Crippen molar-refractivity contribution in [1.29, 1.82) is 0 Å². The van der Waals surface area contributed by atoms with Gasteiger partial charge in [-0.05, 0) is 58.5 Å². The van der Waals surface area contributed by atoms with Crippen molar-refractivity contribution in [1.82, 2.24) is 9.55 Å². The van der Waals surface area contributed by atoms with Gasteiger partial charge in [0, 0.05) is 11.9 Å². The van der Waals surface area contributed by atoms with Gasteiger partial charge in [-0.2, -0.15) is 11.6 Å². The molecule has 1 aliphatic carbocycles. The fourth-order valence-electron chi connectivity index (χ4n) is 6.58. The van der Waals surface area contributed by atoms with Gasteiger partial charge in [-0.15, -0.1) is 47.5 Å². The van der Waals surface area contributed by atoms with Gasteiger partial charge in [0.1, 0.15) is 11.3 Å². The number of rotatable bonds is 2. The van der Waals surface area contributed by atoms with Crippen LogP contribution in [0.25, 0.3) is 33.7 Å². The first kappa shape index (κ1) is 32.9. The molecular weight excluding hydrogens is 755 g/mol. The molecule has 0 fully saturated rings. The number of hydrogen-bond acceptors (Lipinski definition) is 2. The summed E-state index contributed by atoms with van der Waals surface area (Å²) in [5.74, 6) is 1.74. The van der Waals surface area contributed by atoms with Crippen molar-refractivity contribution < 1.29 is 29.4 Å². The Balaban J connectivity index is 0.000000250. The van der Waals surface area contributed by atoms with Gasteiger partial charge in [0.25, 0.3) is 6.33 Å². The number of pyridine rings is 1. The normalized spacial score (nSPS) is 15.3. The van der Waals surface area contributed by atoms with E-state index in [9.17, 15) is 0 Å². The summed E-state index contributed by atoms with van der Waals surface area (Å²) in [6.07, 6.45) is 7.75. The molecule has 5 heteroatoms. The summed E-state index contributed by atoms with van der Waals surface area (Å²) < 4.78 is 10.8. The smallest absolute Gasteiger partial charge is 0.523 e. The van der Waals surface area contributed by atoms with Gasteiger partial charge >= 0.3 is 20.1 Å². The number of nitrogens with zero attached hydrogens (tertiary/aromatic N) is 3. The maximum absolute atomic E-state index is 6.50. The van der Waals surface area contributed by atoms with E-state index >= 15 is 0 Å². The van der Waals surface area contributed by atoms with Crippen molar-refractivity contribution in [2.24, 2.45) is 0 Å². The van der Waals surface area contributed by atoms with Gasteiger partial charge in [-0.3, -0.25) is 4.57 Å². The number of ether oxygens (including phenoxy) is 1. The molecule has 1 aliphatic heterocycles. The fraction of sp³-hybridized carbons (Fsp3) is 0.286. The minimum absolute atomic E-state index is 0. The largest absolute Gasteiger partial charge is 3.00 e. The Kier molecular flexibility index (Phi) is 8.53. The van der Waals surface area contributed by atoms with Crippen LogP contribution in [-0.2, 0) is 36.4 Å². The van der Waals surface area contributed by atoms with Gasteiger partial charge in [0.05, 0.1) is 11.2 Å². The van der Waals surface area contributed by atoms with E-state index in [1.165, 1.54) is 23.1 Å². The molecule has 0 radical (unpaired) electrons. The Morgan fingerprint density at radius 1 is 0.830 bits per heavy atom. The third-order valence-corrected chi connectivity index (χ3v) is 9.53. The molecule has 0 N–H and O–H groups in total. The van der Waals surface area contributed by atoms with Crippen molar-refractivity contribution in [3.8, 4) is 34.1 Å². The van der Waals surface area contributed by atoms with Crippen molar-refractivity contribution >= 4 is 11.0 Å². The second kappa shape index (κ2) is 12.2. The van der Waals surface area contributed by atoms with Crippen molar-refractivity contribution in [2.75, 3.05) is 0 Å². The number of imidazole rings is 1. The maximum Gasteiger partial charge on any atom is 3.00 e. The summed E-state index contributed by atoms with van der Waals surface area (Å²) in [4.78, 5) is 4.22. The Hall–Kier alpha value is -4.05. The van der Waals surface area contributed by atoms with E-state index in [1.54, 1.807) is 6.20 Å². The maximum atomic E-state index is 6.50. The van der Waals surface area contributed by atoms with E-state index < -0.39 is 0 Å². The van der Waals surface area contributed by atoms with Gasteiger partial charge in [-0.25, -0.2) is 0 Å². The Morgan fingerprint density at radius 3 is 2.26 bits per heavy atom. The fourth-order valence-corrected chi connectivity index (χ4v) is 6.58. The zero-order valence-electron chi connectivity index (χ0n) is 28.2. The third kappa shape index (κ3) is 6.08. The van der Waals surface area contributed by atoms with Crippen LogP contribution in [0.1, 0.15) is 78.0 Å². The van der Waals surface area contributed by atoms with Crippen molar-refractivity contribution in [3.05, 3.63) is 132 Å². The van der Waals surface area contributed by atoms with Crippen LogP contribution < -0.4 is 9.30 Å². The molecule has 2 aliphatic rings. The molecule has 0 amide bonds. The molecule has 4 nitrogen and oxygen atoms in total. The molecule has 0 saturated carbocycles. The van der Waals surface area contributed by atoms with Gasteiger partial charge in [0.15, 0.2) is 0 Å². The minimum atomic E-state index is 0. The van der Waals surface area contributed by atoms with Crippen LogP contribution in [0.15, 0.2) is 97.2 Å². The molecule has 8 rings (SSSR count). The molecule has 238 valence electrons. The zero-order valence-corrected chi connectivity index (χ0v) is 30.6. The quantitative estimate of drug-likeness (QED) is 0.129. The van der Waals surface area contributed by atoms with Gasteiger partial charge < -0.3 is 14.3 Å². The minimum Gasteiger partial charge on any atom is -0.523 e. The molecule has 47 heavy (non-hydrogen) atoms. The van der Waals surface area contributed by atoms with Gasteiger partial charge in [-0.1, -0.05) is 96.7 Å². The number of hydrogen-bond donors (Lipinski definition) is 0. The summed E-state index contributed by atoms with van der Waals surface area (Å²) in [6.45, 7) is 16.1. The summed E-state index contributed by atoms with van der Waals surface area (Å²) in [6, 6.07) is 38.0. The van der Waals surface area contributed by atoms with E-state index in [-0.39, 0.29) is 36.4 Å². The summed E-state index contributed by atoms with van der Waals surface area (Å²) in [5.41, 5.74) is 10.5. The number of fused-ring (bicyclic) bond motifs is 3. The Labute approximate surface area is 292 Å². The second-order valence-corrected chi connectivity index (χ2v) is 14.8. The number of para-hydroxylation sites is 1. The Morgan fingerprint density at radius 2 is 1.57 bits per heavy atom. The molecule has 3 heterocycles. The van der Waals surface area contributed by atoms with E-state index in [1.807, 2.05) is 42.5 Å². The predicted molar refractivity (Wildman–Crippen MR) is 185 cm³/mol. The van der Waals surface area contributed by atoms with Crippen LogP contribution in [0.5, 0.6) is 11.5 Å². The van der Waals surface area contributed by atoms with Crippen LogP contribution in [0.4, 0.5) is 0 Å². The van der Waals surface area contributed by atoms with Crippen LogP contribution in [-0.4, -0.2) is 9.55 Å². The van der Waals surface area contributed by atoms with Crippen LogP contribution in [0.3, 0.4) is 0 Å². The van der Waals surface area contributed by atoms with E-state index in [2.05, 4.69) is 130 Å². The zero-order chi connectivity index (χ0) is 32.3. The average molecular weight is 796 g/mol. The second-order valence-electron chi connectivity index (χ2n) is 14.8. The average Bonchev–Trinajstić information content (AvgIpc) is 3.45. The first-order chi connectivity index (χ1) is 21.9. The molecule has 2 aromatic heterocycles. The molecule has 4 aromatic carbocycles. The Bertz CT molecular complexity index is 2000. The standard InChI is InChI=1S/C31H33N2O.C11H8N.Ir/c1-29(2,3)20-11-13-21(14-12-20)32-19-33-25-17-22-23(31(6,7)16-15-30(22,4)5)18-27(25)34-26-10-8-9-24(32)28(26)33;1-2-6-10(7-3-1)11-8-4-5-9-12-11;/h8-14,18H,15-16H2,1-7H3;1-6,8-9H;/q2*-1;+3. The van der Waals surface area contributed by atoms with Crippen LogP contribution in [0.2, 0.25) is 0 Å².